The van der Waals surface area contributed by atoms with Gasteiger partial charge in [-0.3, -0.25) is 24.1 Å². The molecular weight excluding hydrogens is 992 g/mol. The molecule has 5 heterocycles. The number of carbonyl (C=O) groups is 4. The predicted molar refractivity (Wildman–Crippen MR) is 289 cm³/mol. The number of likely N-dealkylation sites (tertiary alicyclic amines) is 1. The van der Waals surface area contributed by atoms with E-state index in [1.54, 1.807) is 29.9 Å². The molecule has 0 radical (unpaired) electrons. The van der Waals surface area contributed by atoms with Gasteiger partial charge in [0.25, 0.3) is 5.91 Å². The van der Waals surface area contributed by atoms with Gasteiger partial charge in [-0.1, -0.05) is 84.3 Å². The number of anilines is 1. The SMILES string of the molecule is Cc1ncsc1-c1ccc([C@H](CO)NC(=O)[C@@H]2C[C@@H](O)CN2C(=O)C(NC(=O)CN2CCN(CCC3CCN(c4ccc(C(=O)NC5C(C)(C)C(Oc6ccc(C#N)c(Cl)c6)C5(C)C)cn4)C3)CC2)C(C)(C)C)cc1. The topological polar surface area (TPSA) is 217 Å². The molecule has 19 heteroatoms. The van der Waals surface area contributed by atoms with Crippen molar-refractivity contribution in [3.63, 3.8) is 0 Å². The lowest BCUT2D eigenvalue weighted by Gasteiger charge is -2.63. The maximum atomic E-state index is 14.3. The van der Waals surface area contributed by atoms with Crippen molar-refractivity contribution in [2.24, 2.45) is 22.2 Å². The summed E-state index contributed by atoms with van der Waals surface area (Å²) in [6.07, 6.45) is 2.66. The standard InChI is InChI=1S/C56H73ClN10O7S/c1-34-47(75-33-60-34)37-11-9-36(10-12-37)43(32-68)61-50(72)44-25-40(69)30-67(44)51(73)48(54(2,3)4)62-46(70)31-65-23-21-64(22-24-65)19-17-35-18-20-66(29-35)45-16-14-39(28-59-45)49(71)63-52-55(5,6)53(56(52,7)8)74-41-15-13-38(27-58)42(57)26-41/h9-16,26,28,33,35,40,43-44,48,52-53,68-69H,17-25,29-32H2,1-8H3,(H,61,72)(H,62,70)(H,63,71)/t35?,40-,43+,44+,48?,52?,53?/m1/s1. The Morgan fingerprint density at radius 2 is 1.65 bits per heavy atom. The fraction of sp³-hybridized carbons (Fsp3) is 0.554. The largest absolute Gasteiger partial charge is 0.489 e. The van der Waals surface area contributed by atoms with Gasteiger partial charge in [-0.2, -0.15) is 5.26 Å². The molecule has 4 aliphatic rings. The number of nitrogens with zero attached hydrogens (tertiary/aromatic N) is 7. The summed E-state index contributed by atoms with van der Waals surface area (Å²) in [4.78, 5) is 73.6. The van der Waals surface area contributed by atoms with Crippen LogP contribution in [0.15, 0.2) is 66.3 Å². The number of ether oxygens (including phenoxy) is 1. The van der Waals surface area contributed by atoms with E-state index in [0.717, 1.165) is 67.5 Å². The van der Waals surface area contributed by atoms with Crippen LogP contribution in [0.5, 0.6) is 5.75 Å². The third kappa shape index (κ3) is 12.5. The highest BCUT2D eigenvalue weighted by Crippen LogP contribution is 2.55. The van der Waals surface area contributed by atoms with E-state index in [2.05, 4.69) is 69.4 Å². The van der Waals surface area contributed by atoms with Gasteiger partial charge in [0.1, 0.15) is 35.8 Å². The van der Waals surface area contributed by atoms with Gasteiger partial charge in [0.2, 0.25) is 17.7 Å². The van der Waals surface area contributed by atoms with E-state index in [1.165, 1.54) is 16.2 Å². The zero-order valence-electron chi connectivity index (χ0n) is 44.4. The maximum absolute atomic E-state index is 14.3. The lowest BCUT2D eigenvalue weighted by molar-refractivity contribution is -0.164. The van der Waals surface area contributed by atoms with Crippen LogP contribution in [0.4, 0.5) is 5.82 Å². The van der Waals surface area contributed by atoms with Gasteiger partial charge < -0.3 is 45.6 Å². The molecule has 2 aromatic heterocycles. The van der Waals surface area contributed by atoms with Crippen molar-refractivity contribution < 1.29 is 34.1 Å². The van der Waals surface area contributed by atoms with Crippen LogP contribution >= 0.6 is 22.9 Å². The molecule has 4 aromatic rings. The van der Waals surface area contributed by atoms with Crippen LogP contribution in [0.3, 0.4) is 0 Å². The number of carbonyl (C=O) groups excluding carboxylic acids is 4. The number of piperazine rings is 1. The van der Waals surface area contributed by atoms with E-state index in [-0.39, 0.29) is 60.9 Å². The number of hydrogen-bond donors (Lipinski definition) is 5. The fourth-order valence-electron chi connectivity index (χ4n) is 11.8. The fourth-order valence-corrected chi connectivity index (χ4v) is 12.8. The molecule has 3 saturated heterocycles. The number of amides is 4. The normalized spacial score (nSPS) is 23.4. The summed E-state index contributed by atoms with van der Waals surface area (Å²) in [5.74, 6) is 0.556. The Kier molecular flexibility index (Phi) is 16.9. The summed E-state index contributed by atoms with van der Waals surface area (Å²) < 4.78 is 6.39. The highest BCUT2D eigenvalue weighted by atomic mass is 35.5. The van der Waals surface area contributed by atoms with Crippen LogP contribution in [0.25, 0.3) is 10.4 Å². The van der Waals surface area contributed by atoms with Gasteiger partial charge in [-0.15, -0.1) is 11.3 Å². The van der Waals surface area contributed by atoms with Crippen molar-refractivity contribution in [1.29, 1.82) is 5.26 Å². The molecule has 5 atom stereocenters. The molecule has 5 N–H and O–H groups in total. The number of thiazole rings is 1. The Bertz CT molecular complexity index is 2720. The van der Waals surface area contributed by atoms with E-state index >= 15 is 0 Å². The van der Waals surface area contributed by atoms with E-state index in [4.69, 9.17) is 21.3 Å². The Balaban J connectivity index is 0.761. The summed E-state index contributed by atoms with van der Waals surface area (Å²) in [5.41, 5.74) is 3.82. The van der Waals surface area contributed by atoms with Crippen molar-refractivity contribution in [3.8, 4) is 22.3 Å². The molecule has 8 rings (SSSR count). The van der Waals surface area contributed by atoms with Crippen molar-refractivity contribution >= 4 is 52.4 Å². The van der Waals surface area contributed by atoms with Crippen molar-refractivity contribution in [2.45, 2.75) is 111 Å². The minimum absolute atomic E-state index is 0.0407. The first-order chi connectivity index (χ1) is 35.6. The molecule has 2 aromatic carbocycles. The zero-order chi connectivity index (χ0) is 54.0. The first kappa shape index (κ1) is 55.5. The first-order valence-corrected chi connectivity index (χ1v) is 27.4. The molecule has 4 amide bonds. The lowest BCUT2D eigenvalue weighted by Crippen LogP contribution is -2.74. The number of nitriles is 1. The molecular formula is C56H73ClN10O7S. The van der Waals surface area contributed by atoms with E-state index < -0.39 is 41.5 Å². The van der Waals surface area contributed by atoms with Crippen molar-refractivity contribution in [1.82, 2.24) is 40.6 Å². The third-order valence-corrected chi connectivity index (χ3v) is 17.1. The first-order valence-electron chi connectivity index (χ1n) is 26.1. The monoisotopic (exact) mass is 1060 g/mol. The number of aliphatic hydroxyl groups is 2. The average molecular weight is 1070 g/mol. The molecule has 1 aliphatic carbocycles. The Morgan fingerprint density at radius 3 is 2.27 bits per heavy atom. The minimum Gasteiger partial charge on any atom is -0.489 e. The second kappa shape index (κ2) is 22.9. The Labute approximate surface area is 450 Å². The molecule has 75 heavy (non-hydrogen) atoms. The second-order valence-electron chi connectivity index (χ2n) is 23.1. The average Bonchev–Trinajstić information content (AvgIpc) is 4.18. The van der Waals surface area contributed by atoms with Crippen LogP contribution in [0.1, 0.15) is 101 Å². The molecule has 17 nitrogen and oxygen atoms in total. The summed E-state index contributed by atoms with van der Waals surface area (Å²) in [5, 5.41) is 39.8. The lowest BCUT2D eigenvalue weighted by atomic mass is 9.49. The smallest absolute Gasteiger partial charge is 0.253 e. The zero-order valence-corrected chi connectivity index (χ0v) is 46.0. The third-order valence-electron chi connectivity index (χ3n) is 15.8. The summed E-state index contributed by atoms with van der Waals surface area (Å²) >= 11 is 7.81. The maximum Gasteiger partial charge on any atom is 0.253 e. The molecule has 4 fully saturated rings. The Morgan fingerprint density at radius 1 is 0.947 bits per heavy atom. The number of β-amino-alcohol motifs (C(OH)–C–C–N with tert-alkyl or cyclic N) is 1. The van der Waals surface area contributed by atoms with E-state index in [1.807, 2.05) is 64.1 Å². The number of rotatable bonds is 17. The number of aromatic nitrogens is 2. The summed E-state index contributed by atoms with van der Waals surface area (Å²) in [6.45, 7) is 21.4. The predicted octanol–water partition coefficient (Wildman–Crippen LogP) is 5.83. The van der Waals surface area contributed by atoms with Crippen molar-refractivity contribution in [2.75, 3.05) is 70.4 Å². The molecule has 402 valence electrons. The van der Waals surface area contributed by atoms with Crippen LogP contribution in [0, 0.1) is 40.4 Å². The van der Waals surface area contributed by atoms with E-state index in [0.29, 0.717) is 46.5 Å². The van der Waals surface area contributed by atoms with Crippen LogP contribution < -0.4 is 25.6 Å². The van der Waals surface area contributed by atoms with Crippen LogP contribution in [-0.4, -0.2) is 154 Å². The summed E-state index contributed by atoms with van der Waals surface area (Å²) in [6, 6.07) is 15.6. The molecule has 1 saturated carbocycles. The second-order valence-corrected chi connectivity index (χ2v) is 24.4. The van der Waals surface area contributed by atoms with Crippen LogP contribution in [0.2, 0.25) is 5.02 Å². The number of halogens is 1. The number of pyridine rings is 1. The number of aryl methyl sites for hydroxylation is 1. The van der Waals surface area contributed by atoms with Gasteiger partial charge >= 0.3 is 0 Å². The minimum atomic E-state index is -0.980. The molecule has 0 spiro atoms. The number of benzene rings is 2. The number of hydrogen-bond acceptors (Lipinski definition) is 14. The van der Waals surface area contributed by atoms with Crippen molar-refractivity contribution in [3.05, 3.63) is 93.7 Å². The molecule has 3 aliphatic heterocycles. The van der Waals surface area contributed by atoms with E-state index in [9.17, 15) is 34.7 Å². The molecule has 2 unspecified atom stereocenters. The van der Waals surface area contributed by atoms with Gasteiger partial charge in [0.05, 0.1) is 57.5 Å². The molecule has 0 bridgehead atoms. The highest BCUT2D eigenvalue weighted by molar-refractivity contribution is 7.13. The highest BCUT2D eigenvalue weighted by Gasteiger charge is 2.64. The summed E-state index contributed by atoms with van der Waals surface area (Å²) in [7, 11) is 0. The Hall–Kier alpha value is -5.68. The van der Waals surface area contributed by atoms with Gasteiger partial charge in [0, 0.05) is 81.4 Å². The van der Waals surface area contributed by atoms with Gasteiger partial charge in [-0.05, 0) is 73.0 Å². The quantitative estimate of drug-likeness (QED) is 0.0843. The number of nitrogens with one attached hydrogen (secondary N) is 3. The van der Waals surface area contributed by atoms with Crippen LogP contribution in [-0.2, 0) is 14.4 Å². The van der Waals surface area contributed by atoms with Gasteiger partial charge in [0.15, 0.2) is 0 Å². The van der Waals surface area contributed by atoms with Gasteiger partial charge in [-0.25, -0.2) is 9.97 Å². The number of aliphatic hydroxyl groups excluding tert-OH is 2.